The maximum atomic E-state index is 12.6. The molecular weight excluding hydrogens is 320 g/mol. The second-order valence-electron chi connectivity index (χ2n) is 6.26. The first-order valence-corrected chi connectivity index (χ1v) is 8.33. The number of H-pyrrole nitrogens is 1. The Morgan fingerprint density at radius 3 is 3.08 bits per heavy atom. The highest BCUT2D eigenvalue weighted by Crippen LogP contribution is 2.41. The van der Waals surface area contributed by atoms with Crippen molar-refractivity contribution >= 4 is 22.5 Å². The Morgan fingerprint density at radius 1 is 1.52 bits per heavy atom. The number of aromatic nitrogens is 3. The molecule has 1 aliphatic rings. The number of carbonyl (C=O) groups excluding carboxylic acids is 1. The summed E-state index contributed by atoms with van der Waals surface area (Å²) < 4.78 is 13.3. The Morgan fingerprint density at radius 2 is 2.36 bits per heavy atom. The standard InChI is InChI=1S/C18H20N4O3/c1-4-24-15-6-11-5-10(2)25-17(11)16-13(15)7-14(21-16)18(23)20-12-8-19-22(3)9-12/h6-10,21H,4-5H2,1-3H3,(H,20,23)/t10-/m0/s1. The molecule has 0 spiro atoms. The fourth-order valence-corrected chi connectivity index (χ4v) is 3.21. The van der Waals surface area contributed by atoms with Crippen LogP contribution in [0.25, 0.3) is 10.9 Å². The van der Waals surface area contributed by atoms with E-state index in [4.69, 9.17) is 9.47 Å². The highest BCUT2D eigenvalue weighted by molar-refractivity contribution is 6.07. The van der Waals surface area contributed by atoms with Crippen LogP contribution in [0.4, 0.5) is 5.69 Å². The summed E-state index contributed by atoms with van der Waals surface area (Å²) in [6.07, 6.45) is 4.30. The number of benzene rings is 1. The van der Waals surface area contributed by atoms with Crippen molar-refractivity contribution < 1.29 is 14.3 Å². The largest absolute Gasteiger partial charge is 0.493 e. The molecule has 0 unspecified atom stereocenters. The van der Waals surface area contributed by atoms with E-state index in [9.17, 15) is 4.79 Å². The number of aromatic amines is 1. The van der Waals surface area contributed by atoms with Gasteiger partial charge >= 0.3 is 0 Å². The average molecular weight is 340 g/mol. The number of carbonyl (C=O) groups is 1. The fraction of sp³-hybridized carbons (Fsp3) is 0.333. The van der Waals surface area contributed by atoms with E-state index < -0.39 is 0 Å². The number of ether oxygens (including phenoxy) is 2. The van der Waals surface area contributed by atoms with E-state index in [1.165, 1.54) is 0 Å². The van der Waals surface area contributed by atoms with Crippen molar-refractivity contribution in [3.05, 3.63) is 35.8 Å². The van der Waals surface area contributed by atoms with Crippen LogP contribution >= 0.6 is 0 Å². The Bertz CT molecular complexity index is 957. The van der Waals surface area contributed by atoms with E-state index in [1.807, 2.05) is 19.9 Å². The van der Waals surface area contributed by atoms with Gasteiger partial charge in [-0.3, -0.25) is 9.48 Å². The Balaban J connectivity index is 1.75. The van der Waals surface area contributed by atoms with E-state index in [0.717, 1.165) is 34.4 Å². The number of aryl methyl sites for hydroxylation is 1. The Kier molecular flexibility index (Phi) is 3.63. The second-order valence-corrected chi connectivity index (χ2v) is 6.26. The number of amides is 1. The summed E-state index contributed by atoms with van der Waals surface area (Å²) in [5, 5.41) is 7.74. The predicted octanol–water partition coefficient (Wildman–Crippen LogP) is 2.88. The van der Waals surface area contributed by atoms with Gasteiger partial charge in [0.15, 0.2) is 0 Å². The summed E-state index contributed by atoms with van der Waals surface area (Å²) >= 11 is 0. The first kappa shape index (κ1) is 15.6. The molecule has 1 aromatic carbocycles. The number of nitrogens with one attached hydrogen (secondary N) is 2. The van der Waals surface area contributed by atoms with Crippen molar-refractivity contribution in [2.75, 3.05) is 11.9 Å². The first-order valence-electron chi connectivity index (χ1n) is 8.33. The highest BCUT2D eigenvalue weighted by Gasteiger charge is 2.26. The molecule has 0 bridgehead atoms. The molecule has 7 heteroatoms. The van der Waals surface area contributed by atoms with Crippen LogP contribution in [0.2, 0.25) is 0 Å². The average Bonchev–Trinajstić information content (AvgIpc) is 3.25. The zero-order chi connectivity index (χ0) is 17.6. The molecule has 4 rings (SSSR count). The van der Waals surface area contributed by atoms with E-state index in [2.05, 4.69) is 15.4 Å². The third kappa shape index (κ3) is 2.71. The molecule has 2 N–H and O–H groups in total. The van der Waals surface area contributed by atoms with Crippen LogP contribution in [0.3, 0.4) is 0 Å². The van der Waals surface area contributed by atoms with Crippen LogP contribution in [0.5, 0.6) is 11.5 Å². The molecule has 3 heterocycles. The SMILES string of the molecule is CCOc1cc2c(c3[nH]c(C(=O)Nc4cnn(C)c4)cc13)O[C@@H](C)C2. The molecule has 0 fully saturated rings. The molecule has 1 aliphatic heterocycles. The third-order valence-corrected chi connectivity index (χ3v) is 4.24. The summed E-state index contributed by atoms with van der Waals surface area (Å²) in [5.41, 5.74) is 3.01. The summed E-state index contributed by atoms with van der Waals surface area (Å²) in [4.78, 5) is 15.8. The van der Waals surface area contributed by atoms with Gasteiger partial charge in [-0.15, -0.1) is 0 Å². The molecule has 3 aromatic rings. The van der Waals surface area contributed by atoms with Crippen LogP contribution in [0.1, 0.15) is 29.9 Å². The van der Waals surface area contributed by atoms with Gasteiger partial charge in [-0.25, -0.2) is 0 Å². The van der Waals surface area contributed by atoms with Crippen molar-refractivity contribution in [3.8, 4) is 11.5 Å². The molecule has 1 atom stereocenters. The van der Waals surface area contributed by atoms with Crippen molar-refractivity contribution in [2.24, 2.45) is 7.05 Å². The maximum absolute atomic E-state index is 12.6. The highest BCUT2D eigenvalue weighted by atomic mass is 16.5. The summed E-state index contributed by atoms with van der Waals surface area (Å²) in [6, 6.07) is 3.82. The number of nitrogens with zero attached hydrogens (tertiary/aromatic N) is 2. The summed E-state index contributed by atoms with van der Waals surface area (Å²) in [7, 11) is 1.80. The molecule has 2 aromatic heterocycles. The van der Waals surface area contributed by atoms with E-state index >= 15 is 0 Å². The lowest BCUT2D eigenvalue weighted by atomic mass is 10.1. The van der Waals surface area contributed by atoms with Gasteiger partial charge in [0.1, 0.15) is 23.3 Å². The minimum atomic E-state index is -0.230. The van der Waals surface area contributed by atoms with Gasteiger partial charge < -0.3 is 19.8 Å². The van der Waals surface area contributed by atoms with E-state index in [0.29, 0.717) is 18.0 Å². The number of anilines is 1. The maximum Gasteiger partial charge on any atom is 0.272 e. The third-order valence-electron chi connectivity index (χ3n) is 4.24. The molecular formula is C18H20N4O3. The number of fused-ring (bicyclic) bond motifs is 3. The lowest BCUT2D eigenvalue weighted by Gasteiger charge is -2.08. The first-order chi connectivity index (χ1) is 12.0. The second kappa shape index (κ2) is 5.84. The molecule has 0 saturated heterocycles. The van der Waals surface area contributed by atoms with Gasteiger partial charge in [0.25, 0.3) is 5.91 Å². The minimum Gasteiger partial charge on any atom is -0.493 e. The number of hydrogen-bond donors (Lipinski definition) is 2. The molecule has 0 aliphatic carbocycles. The summed E-state index contributed by atoms with van der Waals surface area (Å²) in [5.74, 6) is 1.35. The quantitative estimate of drug-likeness (QED) is 0.765. The topological polar surface area (TPSA) is 81.2 Å². The van der Waals surface area contributed by atoms with Gasteiger partial charge in [-0.1, -0.05) is 0 Å². The van der Waals surface area contributed by atoms with E-state index in [1.54, 1.807) is 30.2 Å². The lowest BCUT2D eigenvalue weighted by molar-refractivity contribution is 0.102. The van der Waals surface area contributed by atoms with Crippen LogP contribution in [0.15, 0.2) is 24.5 Å². The molecule has 7 nitrogen and oxygen atoms in total. The van der Waals surface area contributed by atoms with Gasteiger partial charge in [0.2, 0.25) is 0 Å². The van der Waals surface area contributed by atoms with Crippen LogP contribution < -0.4 is 14.8 Å². The zero-order valence-corrected chi connectivity index (χ0v) is 14.4. The van der Waals surface area contributed by atoms with Gasteiger partial charge in [0, 0.05) is 30.6 Å². The molecule has 25 heavy (non-hydrogen) atoms. The summed E-state index contributed by atoms with van der Waals surface area (Å²) in [6.45, 7) is 4.54. The molecule has 0 saturated carbocycles. The Hall–Kier alpha value is -2.96. The minimum absolute atomic E-state index is 0.117. The smallest absolute Gasteiger partial charge is 0.272 e. The van der Waals surface area contributed by atoms with Crippen molar-refractivity contribution in [2.45, 2.75) is 26.4 Å². The van der Waals surface area contributed by atoms with Crippen molar-refractivity contribution in [1.29, 1.82) is 0 Å². The zero-order valence-electron chi connectivity index (χ0n) is 14.4. The van der Waals surface area contributed by atoms with Crippen molar-refractivity contribution in [1.82, 2.24) is 14.8 Å². The van der Waals surface area contributed by atoms with Gasteiger partial charge in [-0.05, 0) is 26.0 Å². The van der Waals surface area contributed by atoms with Gasteiger partial charge in [-0.2, -0.15) is 5.10 Å². The number of hydrogen-bond acceptors (Lipinski definition) is 4. The molecule has 0 radical (unpaired) electrons. The monoisotopic (exact) mass is 340 g/mol. The van der Waals surface area contributed by atoms with Crippen LogP contribution in [-0.2, 0) is 13.5 Å². The number of rotatable bonds is 4. The molecule has 1 amide bonds. The lowest BCUT2D eigenvalue weighted by Crippen LogP contribution is -2.11. The Labute approximate surface area is 144 Å². The van der Waals surface area contributed by atoms with Gasteiger partial charge in [0.05, 0.1) is 24.0 Å². The molecule has 130 valence electrons. The predicted molar refractivity (Wildman–Crippen MR) is 94.4 cm³/mol. The normalized spacial score (nSPS) is 15.9. The van der Waals surface area contributed by atoms with E-state index in [-0.39, 0.29) is 12.0 Å². The van der Waals surface area contributed by atoms with Crippen LogP contribution in [0, 0.1) is 0 Å². The van der Waals surface area contributed by atoms with Crippen LogP contribution in [-0.4, -0.2) is 33.4 Å². The van der Waals surface area contributed by atoms with Crippen molar-refractivity contribution in [3.63, 3.8) is 0 Å². The fourth-order valence-electron chi connectivity index (χ4n) is 3.21.